The zero-order chi connectivity index (χ0) is 14.6. The SMILES string of the molecule is COC(=O)c1nc(NC(C(=O)OC)C(C)C)sc1C. The van der Waals surface area contributed by atoms with Crippen LogP contribution in [0.5, 0.6) is 0 Å². The molecule has 1 unspecified atom stereocenters. The summed E-state index contributed by atoms with van der Waals surface area (Å²) in [5, 5.41) is 3.50. The quantitative estimate of drug-likeness (QED) is 0.832. The average Bonchev–Trinajstić information content (AvgIpc) is 2.74. The topological polar surface area (TPSA) is 77.5 Å². The van der Waals surface area contributed by atoms with E-state index in [0.717, 1.165) is 4.88 Å². The normalized spacial score (nSPS) is 12.1. The average molecular weight is 286 g/mol. The van der Waals surface area contributed by atoms with Crippen molar-refractivity contribution in [3.8, 4) is 0 Å². The molecule has 0 radical (unpaired) electrons. The van der Waals surface area contributed by atoms with Crippen molar-refractivity contribution in [2.24, 2.45) is 5.92 Å². The molecule has 0 aliphatic carbocycles. The molecule has 0 saturated heterocycles. The van der Waals surface area contributed by atoms with Crippen LogP contribution in [0.25, 0.3) is 0 Å². The van der Waals surface area contributed by atoms with Crippen molar-refractivity contribution >= 4 is 28.4 Å². The van der Waals surface area contributed by atoms with Gasteiger partial charge < -0.3 is 14.8 Å². The molecule has 1 aromatic heterocycles. The van der Waals surface area contributed by atoms with Gasteiger partial charge in [-0.3, -0.25) is 0 Å². The molecule has 6 nitrogen and oxygen atoms in total. The van der Waals surface area contributed by atoms with E-state index in [2.05, 4.69) is 15.0 Å². The molecule has 1 atom stereocenters. The Morgan fingerprint density at radius 3 is 2.37 bits per heavy atom. The molecule has 7 heteroatoms. The maximum atomic E-state index is 11.6. The molecule has 0 aromatic carbocycles. The van der Waals surface area contributed by atoms with E-state index in [0.29, 0.717) is 5.13 Å². The van der Waals surface area contributed by atoms with E-state index in [9.17, 15) is 9.59 Å². The Hall–Kier alpha value is -1.63. The highest BCUT2D eigenvalue weighted by Crippen LogP contribution is 2.24. The van der Waals surface area contributed by atoms with Crippen molar-refractivity contribution in [1.29, 1.82) is 0 Å². The Balaban J connectivity index is 2.92. The highest BCUT2D eigenvalue weighted by Gasteiger charge is 2.25. The second kappa shape index (κ2) is 6.51. The highest BCUT2D eigenvalue weighted by molar-refractivity contribution is 7.15. The van der Waals surface area contributed by atoms with Crippen LogP contribution in [0, 0.1) is 12.8 Å². The number of nitrogens with zero attached hydrogens (tertiary/aromatic N) is 1. The van der Waals surface area contributed by atoms with Crippen LogP contribution < -0.4 is 5.32 Å². The summed E-state index contributed by atoms with van der Waals surface area (Å²) in [6.07, 6.45) is 0. The number of carbonyl (C=O) groups excluding carboxylic acids is 2. The summed E-state index contributed by atoms with van der Waals surface area (Å²) < 4.78 is 9.37. The molecule has 1 N–H and O–H groups in total. The summed E-state index contributed by atoms with van der Waals surface area (Å²) in [5.41, 5.74) is 0.266. The van der Waals surface area contributed by atoms with E-state index >= 15 is 0 Å². The van der Waals surface area contributed by atoms with Crippen LogP contribution in [0.3, 0.4) is 0 Å². The van der Waals surface area contributed by atoms with Gasteiger partial charge in [0.25, 0.3) is 0 Å². The molecule has 0 aliphatic heterocycles. The highest BCUT2D eigenvalue weighted by atomic mass is 32.1. The largest absolute Gasteiger partial charge is 0.467 e. The van der Waals surface area contributed by atoms with Gasteiger partial charge in [0.15, 0.2) is 10.8 Å². The van der Waals surface area contributed by atoms with Gasteiger partial charge >= 0.3 is 11.9 Å². The van der Waals surface area contributed by atoms with Gasteiger partial charge in [0.2, 0.25) is 0 Å². The second-order valence-electron chi connectivity index (χ2n) is 4.30. The van der Waals surface area contributed by atoms with Gasteiger partial charge in [-0.2, -0.15) is 0 Å². The van der Waals surface area contributed by atoms with Crippen LogP contribution in [0.4, 0.5) is 5.13 Å². The Morgan fingerprint density at radius 2 is 1.89 bits per heavy atom. The first-order chi connectivity index (χ1) is 8.90. The maximum Gasteiger partial charge on any atom is 0.357 e. The van der Waals surface area contributed by atoms with Crippen LogP contribution in [-0.2, 0) is 14.3 Å². The minimum absolute atomic E-state index is 0.0400. The summed E-state index contributed by atoms with van der Waals surface area (Å²) in [7, 11) is 2.64. The van der Waals surface area contributed by atoms with Gasteiger partial charge in [0, 0.05) is 4.88 Å². The van der Waals surface area contributed by atoms with Crippen LogP contribution in [0.15, 0.2) is 0 Å². The Labute approximate surface area is 116 Å². The fraction of sp³-hybridized carbons (Fsp3) is 0.583. The summed E-state index contributed by atoms with van der Waals surface area (Å²) in [6, 6.07) is -0.499. The van der Waals surface area contributed by atoms with Gasteiger partial charge in [-0.1, -0.05) is 13.8 Å². The fourth-order valence-electron chi connectivity index (χ4n) is 1.50. The molecule has 0 amide bonds. The number of rotatable bonds is 5. The molecule has 1 aromatic rings. The zero-order valence-electron chi connectivity index (χ0n) is 11.6. The lowest BCUT2D eigenvalue weighted by Crippen LogP contribution is -2.35. The number of hydrogen-bond acceptors (Lipinski definition) is 7. The van der Waals surface area contributed by atoms with Crippen molar-refractivity contribution in [2.75, 3.05) is 19.5 Å². The van der Waals surface area contributed by atoms with E-state index in [4.69, 9.17) is 4.74 Å². The first-order valence-electron chi connectivity index (χ1n) is 5.80. The van der Waals surface area contributed by atoms with E-state index in [1.54, 1.807) is 6.92 Å². The zero-order valence-corrected chi connectivity index (χ0v) is 12.5. The number of aromatic nitrogens is 1. The lowest BCUT2D eigenvalue weighted by Gasteiger charge is -2.18. The first kappa shape index (κ1) is 15.4. The molecule has 0 spiro atoms. The summed E-state index contributed by atoms with van der Waals surface area (Å²) in [4.78, 5) is 28.0. The van der Waals surface area contributed by atoms with Crippen molar-refractivity contribution in [2.45, 2.75) is 26.8 Å². The lowest BCUT2D eigenvalue weighted by atomic mass is 10.1. The summed E-state index contributed by atoms with van der Waals surface area (Å²) >= 11 is 1.30. The van der Waals surface area contributed by atoms with Crippen LogP contribution in [-0.4, -0.2) is 37.2 Å². The van der Waals surface area contributed by atoms with Crippen molar-refractivity contribution in [3.63, 3.8) is 0 Å². The third-order valence-electron chi connectivity index (χ3n) is 2.58. The monoisotopic (exact) mass is 286 g/mol. The number of carbonyl (C=O) groups is 2. The number of thiazole rings is 1. The maximum absolute atomic E-state index is 11.6. The third-order valence-corrected chi connectivity index (χ3v) is 3.48. The summed E-state index contributed by atoms with van der Waals surface area (Å²) in [6.45, 7) is 5.57. The Bertz CT molecular complexity index is 470. The number of ether oxygens (including phenoxy) is 2. The number of nitrogens with one attached hydrogen (secondary N) is 1. The molecule has 19 heavy (non-hydrogen) atoms. The van der Waals surface area contributed by atoms with Gasteiger partial charge in [-0.05, 0) is 12.8 Å². The van der Waals surface area contributed by atoms with Gasteiger partial charge in [-0.15, -0.1) is 11.3 Å². The number of aryl methyl sites for hydroxylation is 1. The first-order valence-corrected chi connectivity index (χ1v) is 6.62. The van der Waals surface area contributed by atoms with Gasteiger partial charge in [-0.25, -0.2) is 14.6 Å². The van der Waals surface area contributed by atoms with E-state index < -0.39 is 12.0 Å². The minimum atomic E-state index is -0.499. The number of anilines is 1. The molecule has 1 rings (SSSR count). The number of hydrogen-bond donors (Lipinski definition) is 1. The molecule has 1 heterocycles. The van der Waals surface area contributed by atoms with Crippen molar-refractivity contribution in [3.05, 3.63) is 10.6 Å². The molecule has 0 saturated carbocycles. The second-order valence-corrected chi connectivity index (χ2v) is 5.51. The Kier molecular flexibility index (Phi) is 5.29. The smallest absolute Gasteiger partial charge is 0.357 e. The van der Waals surface area contributed by atoms with Gasteiger partial charge in [0.05, 0.1) is 14.2 Å². The van der Waals surface area contributed by atoms with Gasteiger partial charge in [0.1, 0.15) is 6.04 Å². The van der Waals surface area contributed by atoms with Crippen LogP contribution >= 0.6 is 11.3 Å². The van der Waals surface area contributed by atoms with Crippen LogP contribution in [0.2, 0.25) is 0 Å². The van der Waals surface area contributed by atoms with E-state index in [-0.39, 0.29) is 17.6 Å². The molecule has 0 bridgehead atoms. The summed E-state index contributed by atoms with van der Waals surface area (Å²) in [5.74, 6) is -0.804. The lowest BCUT2D eigenvalue weighted by molar-refractivity contribution is -0.142. The van der Waals surface area contributed by atoms with E-state index in [1.165, 1.54) is 25.6 Å². The van der Waals surface area contributed by atoms with Crippen LogP contribution in [0.1, 0.15) is 29.2 Å². The van der Waals surface area contributed by atoms with Crippen molar-refractivity contribution in [1.82, 2.24) is 4.98 Å². The molecular formula is C12H18N2O4S. The predicted molar refractivity (Wildman–Crippen MR) is 72.5 cm³/mol. The number of methoxy groups -OCH3 is 2. The number of esters is 2. The predicted octanol–water partition coefficient (Wildman–Crippen LogP) is 1.85. The van der Waals surface area contributed by atoms with E-state index in [1.807, 2.05) is 13.8 Å². The molecule has 0 fully saturated rings. The molecular weight excluding hydrogens is 268 g/mol. The molecule has 0 aliphatic rings. The molecule has 106 valence electrons. The fourth-order valence-corrected chi connectivity index (χ4v) is 2.34. The standard InChI is InChI=1S/C12H18N2O4S/c1-6(2)8(10(15)17-4)13-12-14-9(7(3)19-12)11(16)18-5/h6,8H,1-5H3,(H,13,14). The third kappa shape index (κ3) is 3.66. The Morgan fingerprint density at radius 1 is 1.26 bits per heavy atom. The van der Waals surface area contributed by atoms with Crippen molar-refractivity contribution < 1.29 is 19.1 Å². The minimum Gasteiger partial charge on any atom is -0.467 e.